The van der Waals surface area contributed by atoms with Crippen molar-refractivity contribution in [1.29, 1.82) is 0 Å². The standard InChI is InChI=1S/C22H25ClN2O4S/c1-15-4-12-20(30-15)19(27)11-9-18(26)10-13-21(28)24-14-2-3-22(29)25-17-7-5-16(23)6-8-17/h4-8,12H,2-3,9-11,13-14H2,1H3,(H,24,28)(H,25,29). The molecule has 30 heavy (non-hydrogen) atoms. The Morgan fingerprint density at radius 2 is 1.57 bits per heavy atom. The first-order valence-electron chi connectivity index (χ1n) is 9.77. The smallest absolute Gasteiger partial charge is 0.224 e. The third kappa shape index (κ3) is 8.88. The highest BCUT2D eigenvalue weighted by Crippen LogP contribution is 2.18. The quantitative estimate of drug-likeness (QED) is 0.368. The Balaban J connectivity index is 1.54. The molecule has 8 heteroatoms. The van der Waals surface area contributed by atoms with E-state index in [1.165, 1.54) is 11.3 Å². The predicted octanol–water partition coefficient (Wildman–Crippen LogP) is 4.56. The summed E-state index contributed by atoms with van der Waals surface area (Å²) in [5, 5.41) is 6.05. The molecule has 2 aromatic rings. The highest BCUT2D eigenvalue weighted by molar-refractivity contribution is 7.14. The molecule has 1 aromatic carbocycles. The van der Waals surface area contributed by atoms with Crippen LogP contribution in [0, 0.1) is 6.92 Å². The molecule has 1 aromatic heterocycles. The molecule has 0 bridgehead atoms. The first-order valence-corrected chi connectivity index (χ1v) is 11.0. The number of Topliss-reactive ketones (excluding diaryl/α,β-unsaturated/α-hetero) is 2. The van der Waals surface area contributed by atoms with Gasteiger partial charge in [0.15, 0.2) is 5.78 Å². The van der Waals surface area contributed by atoms with Gasteiger partial charge in [-0.05, 0) is 49.7 Å². The van der Waals surface area contributed by atoms with Crippen LogP contribution in [-0.2, 0) is 14.4 Å². The normalized spacial score (nSPS) is 10.5. The Hall–Kier alpha value is -2.51. The lowest BCUT2D eigenvalue weighted by Gasteiger charge is -2.07. The summed E-state index contributed by atoms with van der Waals surface area (Å²) in [5.74, 6) is -0.522. The zero-order valence-corrected chi connectivity index (χ0v) is 18.4. The molecule has 2 rings (SSSR count). The lowest BCUT2D eigenvalue weighted by Crippen LogP contribution is -2.25. The van der Waals surface area contributed by atoms with Crippen molar-refractivity contribution in [2.24, 2.45) is 0 Å². The minimum Gasteiger partial charge on any atom is -0.356 e. The van der Waals surface area contributed by atoms with E-state index in [4.69, 9.17) is 11.6 Å². The van der Waals surface area contributed by atoms with Crippen LogP contribution in [-0.4, -0.2) is 29.9 Å². The number of anilines is 1. The van der Waals surface area contributed by atoms with Gasteiger partial charge in [0.2, 0.25) is 11.8 Å². The molecule has 0 saturated carbocycles. The maximum absolute atomic E-state index is 12.0. The van der Waals surface area contributed by atoms with Gasteiger partial charge in [-0.2, -0.15) is 0 Å². The number of nitrogens with one attached hydrogen (secondary N) is 2. The van der Waals surface area contributed by atoms with Gasteiger partial charge in [-0.1, -0.05) is 11.6 Å². The number of rotatable bonds is 12. The number of benzene rings is 1. The summed E-state index contributed by atoms with van der Waals surface area (Å²) in [5.41, 5.74) is 0.666. The summed E-state index contributed by atoms with van der Waals surface area (Å²) in [6.45, 7) is 2.29. The van der Waals surface area contributed by atoms with Crippen LogP contribution in [0.25, 0.3) is 0 Å². The summed E-state index contributed by atoms with van der Waals surface area (Å²) in [4.78, 5) is 49.3. The van der Waals surface area contributed by atoms with Gasteiger partial charge in [-0.25, -0.2) is 0 Å². The average Bonchev–Trinajstić information content (AvgIpc) is 3.16. The Kier molecular flexibility index (Phi) is 9.70. The number of hydrogen-bond donors (Lipinski definition) is 2. The zero-order valence-electron chi connectivity index (χ0n) is 16.8. The predicted molar refractivity (Wildman–Crippen MR) is 119 cm³/mol. The van der Waals surface area contributed by atoms with E-state index in [1.54, 1.807) is 30.3 Å². The minimum atomic E-state index is -0.235. The lowest BCUT2D eigenvalue weighted by atomic mass is 10.1. The van der Waals surface area contributed by atoms with E-state index in [1.807, 2.05) is 13.0 Å². The van der Waals surface area contributed by atoms with Gasteiger partial charge in [0.1, 0.15) is 5.78 Å². The van der Waals surface area contributed by atoms with Gasteiger partial charge in [-0.15, -0.1) is 11.3 Å². The number of halogens is 1. The fraction of sp³-hybridized carbons (Fsp3) is 0.364. The van der Waals surface area contributed by atoms with Gasteiger partial charge in [0, 0.05) is 54.2 Å². The zero-order chi connectivity index (χ0) is 21.9. The third-order valence-electron chi connectivity index (χ3n) is 4.31. The number of thiophene rings is 1. The number of aryl methyl sites for hydroxylation is 1. The van der Waals surface area contributed by atoms with Crippen molar-refractivity contribution >= 4 is 52.0 Å². The first-order chi connectivity index (χ1) is 14.3. The maximum atomic E-state index is 12.0. The number of carbonyl (C=O) groups excluding carboxylic acids is 4. The minimum absolute atomic E-state index is 0.0391. The van der Waals surface area contributed by atoms with E-state index < -0.39 is 0 Å². The molecule has 0 aliphatic heterocycles. The van der Waals surface area contributed by atoms with Crippen molar-refractivity contribution < 1.29 is 19.2 Å². The molecule has 1 heterocycles. The highest BCUT2D eigenvalue weighted by atomic mass is 35.5. The van der Waals surface area contributed by atoms with E-state index in [-0.39, 0.29) is 55.5 Å². The van der Waals surface area contributed by atoms with Crippen LogP contribution in [0.3, 0.4) is 0 Å². The van der Waals surface area contributed by atoms with E-state index in [2.05, 4.69) is 10.6 Å². The summed E-state index contributed by atoms with van der Waals surface area (Å²) in [7, 11) is 0. The van der Waals surface area contributed by atoms with Crippen LogP contribution in [0.5, 0.6) is 0 Å². The van der Waals surface area contributed by atoms with Crippen LogP contribution in [0.2, 0.25) is 5.02 Å². The molecular formula is C22H25ClN2O4S. The van der Waals surface area contributed by atoms with Crippen LogP contribution in [0.15, 0.2) is 36.4 Å². The van der Waals surface area contributed by atoms with Crippen LogP contribution >= 0.6 is 22.9 Å². The topological polar surface area (TPSA) is 92.3 Å². The molecule has 2 N–H and O–H groups in total. The number of hydrogen-bond acceptors (Lipinski definition) is 5. The third-order valence-corrected chi connectivity index (χ3v) is 5.60. The molecule has 0 radical (unpaired) electrons. The van der Waals surface area contributed by atoms with E-state index in [0.717, 1.165) is 4.88 Å². The number of ketones is 2. The van der Waals surface area contributed by atoms with Gasteiger partial charge in [0.25, 0.3) is 0 Å². The number of carbonyl (C=O) groups is 4. The van der Waals surface area contributed by atoms with Crippen molar-refractivity contribution in [3.8, 4) is 0 Å². The fourth-order valence-corrected chi connectivity index (χ4v) is 3.62. The molecule has 0 saturated heterocycles. The van der Waals surface area contributed by atoms with Crippen LogP contribution < -0.4 is 10.6 Å². The Bertz CT molecular complexity index is 893. The Morgan fingerprint density at radius 1 is 0.867 bits per heavy atom. The Morgan fingerprint density at radius 3 is 2.23 bits per heavy atom. The second kappa shape index (κ2) is 12.2. The summed E-state index contributed by atoms with van der Waals surface area (Å²) in [6, 6.07) is 10.5. The molecule has 160 valence electrons. The molecule has 2 amide bonds. The van der Waals surface area contributed by atoms with Crippen molar-refractivity contribution in [1.82, 2.24) is 5.32 Å². The molecular weight excluding hydrogens is 424 g/mol. The molecule has 0 fully saturated rings. The second-order valence-corrected chi connectivity index (χ2v) is 8.61. The molecule has 0 aliphatic carbocycles. The average molecular weight is 449 g/mol. The van der Waals surface area contributed by atoms with Crippen molar-refractivity contribution in [3.05, 3.63) is 51.2 Å². The summed E-state index contributed by atoms with van der Waals surface area (Å²) in [6.07, 6.45) is 1.28. The van der Waals surface area contributed by atoms with Crippen molar-refractivity contribution in [2.45, 2.75) is 45.4 Å². The summed E-state index contributed by atoms with van der Waals surface area (Å²) < 4.78 is 0. The molecule has 0 spiro atoms. The van der Waals surface area contributed by atoms with Crippen LogP contribution in [0.1, 0.15) is 53.1 Å². The van der Waals surface area contributed by atoms with Gasteiger partial charge >= 0.3 is 0 Å². The monoisotopic (exact) mass is 448 g/mol. The van der Waals surface area contributed by atoms with E-state index in [9.17, 15) is 19.2 Å². The maximum Gasteiger partial charge on any atom is 0.224 e. The van der Waals surface area contributed by atoms with Crippen molar-refractivity contribution in [3.63, 3.8) is 0 Å². The van der Waals surface area contributed by atoms with Crippen LogP contribution in [0.4, 0.5) is 5.69 Å². The molecule has 6 nitrogen and oxygen atoms in total. The summed E-state index contributed by atoms with van der Waals surface area (Å²) >= 11 is 7.22. The van der Waals surface area contributed by atoms with Gasteiger partial charge < -0.3 is 10.6 Å². The Labute approximate surface area is 185 Å². The fourth-order valence-electron chi connectivity index (χ4n) is 2.66. The second-order valence-electron chi connectivity index (χ2n) is 6.88. The molecule has 0 atom stereocenters. The molecule has 0 aliphatic rings. The van der Waals surface area contributed by atoms with E-state index in [0.29, 0.717) is 28.6 Å². The van der Waals surface area contributed by atoms with Gasteiger partial charge in [0.05, 0.1) is 4.88 Å². The first kappa shape index (κ1) is 23.8. The lowest BCUT2D eigenvalue weighted by molar-refractivity contribution is -0.125. The molecule has 0 unspecified atom stereocenters. The van der Waals surface area contributed by atoms with Gasteiger partial charge in [-0.3, -0.25) is 19.2 Å². The largest absolute Gasteiger partial charge is 0.356 e. The van der Waals surface area contributed by atoms with E-state index >= 15 is 0 Å². The SMILES string of the molecule is Cc1ccc(C(=O)CCC(=O)CCC(=O)NCCCC(=O)Nc2ccc(Cl)cc2)s1. The number of amides is 2. The van der Waals surface area contributed by atoms with Crippen molar-refractivity contribution in [2.75, 3.05) is 11.9 Å². The highest BCUT2D eigenvalue weighted by Gasteiger charge is 2.12.